The van der Waals surface area contributed by atoms with Crippen LogP contribution >= 0.6 is 18.6 Å². The zero-order valence-electron chi connectivity index (χ0n) is 27.1. The van der Waals surface area contributed by atoms with Crippen molar-refractivity contribution < 1.29 is 17.0 Å². The molecular formula is C44H36Cl2SiTi-2. The Kier molecular flexibility index (Phi) is 13.7. The van der Waals surface area contributed by atoms with Gasteiger partial charge < -0.3 is 0 Å². The predicted octanol–water partition coefficient (Wildman–Crippen LogP) is 13.9. The minimum Gasteiger partial charge on any atom is -0.116 e. The van der Waals surface area contributed by atoms with E-state index in [4.69, 9.17) is 18.6 Å². The normalized spacial score (nSPS) is 10.2. The molecule has 8 aromatic rings. The predicted molar refractivity (Wildman–Crippen MR) is 210 cm³/mol. The number of hydrogen-bond donors (Lipinski definition) is 0. The van der Waals surface area contributed by atoms with Crippen molar-refractivity contribution in [3.63, 3.8) is 0 Å². The van der Waals surface area contributed by atoms with Gasteiger partial charge in [0.05, 0.1) is 0 Å². The van der Waals surface area contributed by atoms with Crippen LogP contribution in [0.1, 0.15) is 0 Å². The third kappa shape index (κ3) is 8.74. The molecule has 2 radical (unpaired) electrons. The first-order valence-electron chi connectivity index (χ1n) is 15.8. The summed E-state index contributed by atoms with van der Waals surface area (Å²) in [5.41, 5.74) is 10.4. The van der Waals surface area contributed by atoms with E-state index in [9.17, 15) is 0 Å². The fourth-order valence-corrected chi connectivity index (χ4v) is 5.97. The quantitative estimate of drug-likeness (QED) is 0.126. The third-order valence-electron chi connectivity index (χ3n) is 7.89. The molecule has 0 aromatic heterocycles. The molecule has 0 nitrogen and oxygen atoms in total. The van der Waals surface area contributed by atoms with Crippen molar-refractivity contribution in [3.8, 4) is 44.5 Å². The first-order valence-corrected chi connectivity index (χ1v) is 22.1. The molecule has 0 aliphatic carbocycles. The molecule has 8 rings (SSSR count). The molecule has 0 bridgehead atoms. The maximum Gasteiger partial charge on any atom is -0.0631 e. The molecule has 0 aliphatic rings. The van der Waals surface area contributed by atoms with Crippen molar-refractivity contribution in [1.82, 2.24) is 0 Å². The van der Waals surface area contributed by atoms with E-state index in [-0.39, 0.29) is 0 Å². The van der Waals surface area contributed by atoms with Crippen molar-refractivity contribution in [2.45, 2.75) is 13.1 Å². The first-order chi connectivity index (χ1) is 23.7. The van der Waals surface area contributed by atoms with Gasteiger partial charge in [-0.05, 0) is 0 Å². The summed E-state index contributed by atoms with van der Waals surface area (Å²) in [6.07, 6.45) is 0. The van der Waals surface area contributed by atoms with Gasteiger partial charge in [0.15, 0.2) is 0 Å². The topological polar surface area (TPSA) is 0 Å². The second kappa shape index (κ2) is 18.6. The smallest absolute Gasteiger partial charge is 0.0631 e. The molecular weight excluding hydrogens is 675 g/mol. The molecule has 0 saturated heterocycles. The molecule has 0 fully saturated rings. The second-order valence-corrected chi connectivity index (χ2v) is 14.7. The maximum atomic E-state index is 4.89. The van der Waals surface area contributed by atoms with Crippen LogP contribution in [-0.2, 0) is 17.0 Å². The summed E-state index contributed by atoms with van der Waals surface area (Å²) >= 11 is -0.556. The molecule has 0 atom stereocenters. The van der Waals surface area contributed by atoms with E-state index < -0.39 is 17.0 Å². The fraction of sp³-hybridized carbons (Fsp3) is 0.0455. The average Bonchev–Trinajstić information content (AvgIpc) is 3.74. The Morgan fingerprint density at radius 3 is 1.02 bits per heavy atom. The molecule has 236 valence electrons. The Balaban J connectivity index is 0.000000162. The molecule has 0 saturated carbocycles. The van der Waals surface area contributed by atoms with Crippen molar-refractivity contribution in [3.05, 3.63) is 182 Å². The van der Waals surface area contributed by atoms with E-state index in [1.54, 1.807) is 0 Å². The summed E-state index contributed by atoms with van der Waals surface area (Å²) < 4.78 is 0. The van der Waals surface area contributed by atoms with E-state index in [1.165, 1.54) is 66.1 Å². The van der Waals surface area contributed by atoms with Crippen LogP contribution in [0.4, 0.5) is 0 Å². The van der Waals surface area contributed by atoms with E-state index >= 15 is 0 Å². The van der Waals surface area contributed by atoms with Gasteiger partial charge in [0.2, 0.25) is 0 Å². The zero-order valence-corrected chi connectivity index (χ0v) is 31.1. The van der Waals surface area contributed by atoms with Crippen LogP contribution in [0.3, 0.4) is 0 Å². The van der Waals surface area contributed by atoms with Crippen LogP contribution in [-0.4, -0.2) is 9.52 Å². The zero-order chi connectivity index (χ0) is 33.6. The Hall–Kier alpha value is -3.95. The van der Waals surface area contributed by atoms with Crippen LogP contribution in [0.15, 0.2) is 182 Å². The van der Waals surface area contributed by atoms with Crippen molar-refractivity contribution in [2.75, 3.05) is 0 Å². The molecule has 0 unspecified atom stereocenters. The summed E-state index contributed by atoms with van der Waals surface area (Å²) in [5.74, 6) is 0. The number of hydrogen-bond acceptors (Lipinski definition) is 0. The van der Waals surface area contributed by atoms with E-state index in [1.807, 2.05) is 0 Å². The van der Waals surface area contributed by atoms with Gasteiger partial charge in [-0.15, -0.1) is 12.1 Å². The summed E-state index contributed by atoms with van der Waals surface area (Å²) in [5, 5.41) is 5.25. The summed E-state index contributed by atoms with van der Waals surface area (Å²) in [7, 11) is 10.9. The molecule has 48 heavy (non-hydrogen) atoms. The van der Waals surface area contributed by atoms with Crippen LogP contribution in [0.5, 0.6) is 0 Å². The minimum atomic E-state index is -0.556. The average molecular weight is 712 g/mol. The number of benzene rings is 6. The van der Waals surface area contributed by atoms with Crippen LogP contribution in [0.2, 0.25) is 13.1 Å². The monoisotopic (exact) mass is 710 g/mol. The first kappa shape index (κ1) is 35.4. The Labute approximate surface area is 304 Å². The molecule has 0 amide bonds. The molecule has 0 heterocycles. The van der Waals surface area contributed by atoms with Crippen molar-refractivity contribution >= 4 is 49.7 Å². The van der Waals surface area contributed by atoms with E-state index in [2.05, 4.69) is 195 Å². The van der Waals surface area contributed by atoms with E-state index in [0.717, 1.165) is 9.52 Å². The van der Waals surface area contributed by atoms with Gasteiger partial charge in [-0.2, -0.15) is 0 Å². The van der Waals surface area contributed by atoms with Crippen LogP contribution in [0, 0.1) is 0 Å². The van der Waals surface area contributed by atoms with Crippen molar-refractivity contribution in [1.29, 1.82) is 0 Å². The fourth-order valence-electron chi connectivity index (χ4n) is 5.97. The second-order valence-electron chi connectivity index (χ2n) is 11.1. The van der Waals surface area contributed by atoms with Gasteiger partial charge in [0.25, 0.3) is 0 Å². The standard InChI is InChI=1S/2C21H15.C2H6Si.2ClH.Ti/c2*1-3-9-16(10-4-1)20-15-18-13-7-8-14-19(18)21(20)17-11-5-2-6-12-17;1-3-2;;;/h2*1-15H;1-2H3;2*1H;/q2*-1;;;;+2/p-2. The van der Waals surface area contributed by atoms with E-state index in [0.29, 0.717) is 0 Å². The SMILES string of the molecule is C[Si]C.[Cl][Ti][Cl].c1ccc(-c2cc3ccccc3[c-]2-c2ccccc2)cc1.c1ccc(-c2cc3ccccc3[c-]2-c2ccccc2)cc1. The number of fused-ring (bicyclic) bond motifs is 2. The summed E-state index contributed by atoms with van der Waals surface area (Å²) in [6, 6.07) is 64.4. The molecule has 8 aromatic carbocycles. The number of rotatable bonds is 4. The summed E-state index contributed by atoms with van der Waals surface area (Å²) in [4.78, 5) is 0. The van der Waals surface area contributed by atoms with Crippen LogP contribution in [0.25, 0.3) is 66.1 Å². The Bertz CT molecular complexity index is 1950. The number of halogens is 2. The molecule has 0 spiro atoms. The Morgan fingerprint density at radius 2 is 0.688 bits per heavy atom. The molecule has 0 N–H and O–H groups in total. The molecule has 4 heteroatoms. The van der Waals surface area contributed by atoms with Gasteiger partial charge in [-0.3, -0.25) is 0 Å². The molecule has 0 aliphatic heterocycles. The van der Waals surface area contributed by atoms with Gasteiger partial charge in [0, 0.05) is 9.52 Å². The maximum absolute atomic E-state index is 4.89. The van der Waals surface area contributed by atoms with Gasteiger partial charge in [0.1, 0.15) is 0 Å². The third-order valence-corrected chi connectivity index (χ3v) is 7.89. The summed E-state index contributed by atoms with van der Waals surface area (Å²) in [6.45, 7) is 4.31. The van der Waals surface area contributed by atoms with Gasteiger partial charge >= 0.3 is 35.6 Å². The largest absolute Gasteiger partial charge is 0.116 e. The Morgan fingerprint density at radius 1 is 0.417 bits per heavy atom. The minimum absolute atomic E-state index is 0.556. The van der Waals surface area contributed by atoms with Crippen LogP contribution < -0.4 is 0 Å². The van der Waals surface area contributed by atoms with Gasteiger partial charge in [-0.1, -0.05) is 249 Å². The van der Waals surface area contributed by atoms with Gasteiger partial charge in [-0.25, -0.2) is 0 Å². The van der Waals surface area contributed by atoms with Crippen molar-refractivity contribution in [2.24, 2.45) is 0 Å².